The maximum absolute atomic E-state index is 12.6. The van der Waals surface area contributed by atoms with Crippen LogP contribution in [0.3, 0.4) is 0 Å². The molecule has 150 valence electrons. The first-order valence-electron chi connectivity index (χ1n) is 9.50. The van der Waals surface area contributed by atoms with Crippen molar-refractivity contribution < 1.29 is 23.9 Å². The smallest absolute Gasteiger partial charge is 0.242 e. The normalized spacial score (nSPS) is 20.9. The van der Waals surface area contributed by atoms with Gasteiger partial charge in [-0.1, -0.05) is 18.2 Å². The molecule has 0 radical (unpaired) electrons. The van der Waals surface area contributed by atoms with Crippen molar-refractivity contribution >= 4 is 17.7 Å². The lowest BCUT2D eigenvalue weighted by atomic mass is 9.85. The van der Waals surface area contributed by atoms with Crippen LogP contribution in [0, 0.1) is 11.8 Å². The highest BCUT2D eigenvalue weighted by Crippen LogP contribution is 2.35. The first-order chi connectivity index (χ1) is 13.5. The molecule has 2 aliphatic rings. The standard InChI is InChI=1S/C21H26N2O5/c1-4-28-17-10-9-14(11-18(17)27-3)12-22(2)19(24)13-23-20(25)15-7-5-6-8-16(15)21(23)26/h5-6,9-11,15-16H,4,7-8,12-13H2,1-3H3/t15-,16-/m1/s1. The van der Waals surface area contributed by atoms with Crippen LogP contribution in [0.1, 0.15) is 25.3 Å². The second kappa shape index (κ2) is 8.46. The first-order valence-corrected chi connectivity index (χ1v) is 9.50. The molecule has 0 N–H and O–H groups in total. The molecule has 1 aliphatic heterocycles. The van der Waals surface area contributed by atoms with Crippen molar-refractivity contribution in [3.63, 3.8) is 0 Å². The second-order valence-electron chi connectivity index (χ2n) is 7.09. The van der Waals surface area contributed by atoms with Gasteiger partial charge in [-0.2, -0.15) is 0 Å². The number of likely N-dealkylation sites (N-methyl/N-ethyl adjacent to an activating group) is 1. The van der Waals surface area contributed by atoms with Crippen LogP contribution < -0.4 is 9.47 Å². The molecule has 0 saturated carbocycles. The third-order valence-electron chi connectivity index (χ3n) is 5.27. The van der Waals surface area contributed by atoms with E-state index in [0.29, 0.717) is 37.5 Å². The van der Waals surface area contributed by atoms with Gasteiger partial charge in [-0.05, 0) is 37.5 Å². The number of imide groups is 1. The third-order valence-corrected chi connectivity index (χ3v) is 5.27. The maximum atomic E-state index is 12.6. The van der Waals surface area contributed by atoms with Crippen molar-refractivity contribution in [2.24, 2.45) is 11.8 Å². The van der Waals surface area contributed by atoms with Crippen LogP contribution in [0.4, 0.5) is 0 Å². The van der Waals surface area contributed by atoms with Gasteiger partial charge >= 0.3 is 0 Å². The van der Waals surface area contributed by atoms with Gasteiger partial charge in [0, 0.05) is 13.6 Å². The summed E-state index contributed by atoms with van der Waals surface area (Å²) in [5.41, 5.74) is 0.869. The summed E-state index contributed by atoms with van der Waals surface area (Å²) in [4.78, 5) is 40.3. The molecular formula is C21H26N2O5. The summed E-state index contributed by atoms with van der Waals surface area (Å²) in [6.45, 7) is 2.55. The SMILES string of the molecule is CCOc1ccc(CN(C)C(=O)CN2C(=O)[C@@H]3CC=CC[C@H]3C2=O)cc1OC. The first kappa shape index (κ1) is 19.9. The molecule has 1 aromatic carbocycles. The Labute approximate surface area is 164 Å². The predicted octanol–water partition coefficient (Wildman–Crippen LogP) is 2.00. The molecule has 7 heteroatoms. The number of ether oxygens (including phenoxy) is 2. The number of nitrogens with zero attached hydrogens (tertiary/aromatic N) is 2. The van der Waals surface area contributed by atoms with Crippen molar-refractivity contribution in [3.8, 4) is 11.5 Å². The Morgan fingerprint density at radius 3 is 2.36 bits per heavy atom. The van der Waals surface area contributed by atoms with Crippen LogP contribution >= 0.6 is 0 Å². The maximum Gasteiger partial charge on any atom is 0.242 e. The fourth-order valence-electron chi connectivity index (χ4n) is 3.73. The minimum atomic E-state index is -0.314. The molecule has 1 saturated heterocycles. The van der Waals surface area contributed by atoms with E-state index in [-0.39, 0.29) is 36.1 Å². The molecule has 1 heterocycles. The van der Waals surface area contributed by atoms with Gasteiger partial charge < -0.3 is 14.4 Å². The fourth-order valence-corrected chi connectivity index (χ4v) is 3.73. The Bertz CT molecular complexity index is 778. The number of methoxy groups -OCH3 is 1. The number of likely N-dealkylation sites (tertiary alicyclic amines) is 1. The van der Waals surface area contributed by atoms with Crippen LogP contribution in [0.2, 0.25) is 0 Å². The number of benzene rings is 1. The molecule has 1 fully saturated rings. The number of allylic oxidation sites excluding steroid dienone is 2. The number of carbonyl (C=O) groups excluding carboxylic acids is 3. The molecule has 1 aromatic rings. The van der Waals surface area contributed by atoms with Gasteiger partial charge in [0.1, 0.15) is 6.54 Å². The van der Waals surface area contributed by atoms with Crippen LogP contribution in [-0.4, -0.2) is 54.8 Å². The van der Waals surface area contributed by atoms with Gasteiger partial charge in [-0.3, -0.25) is 19.3 Å². The topological polar surface area (TPSA) is 76.2 Å². The van der Waals surface area contributed by atoms with Crippen molar-refractivity contribution in [2.75, 3.05) is 27.3 Å². The van der Waals surface area contributed by atoms with Gasteiger partial charge in [0.05, 0.1) is 25.6 Å². The summed E-state index contributed by atoms with van der Waals surface area (Å²) >= 11 is 0. The van der Waals surface area contributed by atoms with E-state index in [1.807, 2.05) is 31.2 Å². The predicted molar refractivity (Wildman–Crippen MR) is 103 cm³/mol. The Kier molecular flexibility index (Phi) is 6.02. The number of hydrogen-bond donors (Lipinski definition) is 0. The molecule has 3 rings (SSSR count). The van der Waals surface area contributed by atoms with E-state index in [0.717, 1.165) is 10.5 Å². The summed E-state index contributed by atoms with van der Waals surface area (Å²) in [5.74, 6) is -0.125. The summed E-state index contributed by atoms with van der Waals surface area (Å²) in [5, 5.41) is 0. The monoisotopic (exact) mass is 386 g/mol. The van der Waals surface area contributed by atoms with Crippen LogP contribution in [0.5, 0.6) is 11.5 Å². The molecule has 3 amide bonds. The minimum Gasteiger partial charge on any atom is -0.493 e. The average Bonchev–Trinajstić information content (AvgIpc) is 2.94. The highest BCUT2D eigenvalue weighted by atomic mass is 16.5. The van der Waals surface area contributed by atoms with E-state index in [4.69, 9.17) is 9.47 Å². The number of rotatable bonds is 7. The zero-order valence-electron chi connectivity index (χ0n) is 16.5. The van der Waals surface area contributed by atoms with Crippen LogP contribution in [0.25, 0.3) is 0 Å². The zero-order chi connectivity index (χ0) is 20.3. The Balaban J connectivity index is 1.64. The van der Waals surface area contributed by atoms with Crippen LogP contribution in [-0.2, 0) is 20.9 Å². The zero-order valence-corrected chi connectivity index (χ0v) is 16.5. The van der Waals surface area contributed by atoms with E-state index in [1.165, 1.54) is 4.90 Å². The third kappa shape index (κ3) is 3.88. The molecule has 2 atom stereocenters. The molecular weight excluding hydrogens is 360 g/mol. The van der Waals surface area contributed by atoms with E-state index in [9.17, 15) is 14.4 Å². The summed E-state index contributed by atoms with van der Waals surface area (Å²) < 4.78 is 10.8. The lowest BCUT2D eigenvalue weighted by Crippen LogP contribution is -2.41. The minimum absolute atomic E-state index is 0.213. The van der Waals surface area contributed by atoms with Gasteiger partial charge in [-0.15, -0.1) is 0 Å². The number of amides is 3. The lowest BCUT2D eigenvalue weighted by Gasteiger charge is -2.21. The summed E-state index contributed by atoms with van der Waals surface area (Å²) in [6.07, 6.45) is 5.01. The quantitative estimate of drug-likeness (QED) is 0.529. The molecule has 0 unspecified atom stereocenters. The molecule has 0 spiro atoms. The Morgan fingerprint density at radius 1 is 1.14 bits per heavy atom. The van der Waals surface area contributed by atoms with E-state index >= 15 is 0 Å². The highest BCUT2D eigenvalue weighted by molar-refractivity contribution is 6.07. The Morgan fingerprint density at radius 2 is 1.79 bits per heavy atom. The average molecular weight is 386 g/mol. The van der Waals surface area contributed by atoms with Gasteiger partial charge in [-0.25, -0.2) is 0 Å². The molecule has 1 aliphatic carbocycles. The highest BCUT2D eigenvalue weighted by Gasteiger charge is 2.47. The number of carbonyl (C=O) groups is 3. The van der Waals surface area contributed by atoms with E-state index in [2.05, 4.69) is 0 Å². The van der Waals surface area contributed by atoms with Crippen molar-refractivity contribution in [1.29, 1.82) is 0 Å². The second-order valence-corrected chi connectivity index (χ2v) is 7.09. The summed E-state index contributed by atoms with van der Waals surface area (Å²) in [6, 6.07) is 5.49. The lowest BCUT2D eigenvalue weighted by molar-refractivity contribution is -0.146. The molecule has 0 aromatic heterocycles. The summed E-state index contributed by atoms with van der Waals surface area (Å²) in [7, 11) is 3.22. The van der Waals surface area contributed by atoms with Gasteiger partial charge in [0.2, 0.25) is 17.7 Å². The number of hydrogen-bond acceptors (Lipinski definition) is 5. The largest absolute Gasteiger partial charge is 0.493 e. The van der Waals surface area contributed by atoms with Gasteiger partial charge in [0.25, 0.3) is 0 Å². The van der Waals surface area contributed by atoms with E-state index < -0.39 is 0 Å². The molecule has 7 nitrogen and oxygen atoms in total. The van der Waals surface area contributed by atoms with Crippen molar-refractivity contribution in [1.82, 2.24) is 9.80 Å². The number of fused-ring (bicyclic) bond motifs is 1. The molecule has 28 heavy (non-hydrogen) atoms. The van der Waals surface area contributed by atoms with Crippen molar-refractivity contribution in [2.45, 2.75) is 26.3 Å². The van der Waals surface area contributed by atoms with E-state index in [1.54, 1.807) is 20.2 Å². The fraction of sp³-hybridized carbons (Fsp3) is 0.476. The van der Waals surface area contributed by atoms with Crippen molar-refractivity contribution in [3.05, 3.63) is 35.9 Å². The van der Waals surface area contributed by atoms with Gasteiger partial charge in [0.15, 0.2) is 11.5 Å². The molecule has 0 bridgehead atoms. The Hall–Kier alpha value is -2.83. The van der Waals surface area contributed by atoms with Crippen LogP contribution in [0.15, 0.2) is 30.4 Å².